The summed E-state index contributed by atoms with van der Waals surface area (Å²) >= 11 is 0. The molecule has 0 radical (unpaired) electrons. The lowest BCUT2D eigenvalue weighted by Gasteiger charge is -2.33. The Hall–Kier alpha value is -0.770. The van der Waals surface area contributed by atoms with Gasteiger partial charge in [0.15, 0.2) is 0 Å². The molecule has 0 aliphatic carbocycles. The molecule has 0 aromatic carbocycles. The monoisotopic (exact) mass is 256 g/mol. The number of carbonyl (C=O) groups is 1. The summed E-state index contributed by atoms with van der Waals surface area (Å²) in [7, 11) is 0. The van der Waals surface area contributed by atoms with Gasteiger partial charge in [-0.05, 0) is 45.4 Å². The Bertz CT molecular complexity index is 298. The van der Waals surface area contributed by atoms with Crippen molar-refractivity contribution < 1.29 is 9.90 Å². The highest BCUT2D eigenvalue weighted by Crippen LogP contribution is 2.28. The Balaban J connectivity index is 2.46. The van der Waals surface area contributed by atoms with Gasteiger partial charge < -0.3 is 15.3 Å². The van der Waals surface area contributed by atoms with Crippen molar-refractivity contribution in [1.29, 1.82) is 0 Å². The minimum absolute atomic E-state index is 0.0242. The summed E-state index contributed by atoms with van der Waals surface area (Å²) in [4.78, 5) is 14.1. The minimum Gasteiger partial charge on any atom is -0.393 e. The van der Waals surface area contributed by atoms with E-state index in [1.807, 2.05) is 4.90 Å². The summed E-state index contributed by atoms with van der Waals surface area (Å²) < 4.78 is 0. The molecule has 4 heteroatoms. The van der Waals surface area contributed by atoms with Crippen LogP contribution >= 0.6 is 0 Å². The number of hydrogen-bond donors (Lipinski definition) is 2. The first kappa shape index (κ1) is 15.3. The average Bonchev–Trinajstić information content (AvgIpc) is 2.53. The summed E-state index contributed by atoms with van der Waals surface area (Å²) in [5, 5.41) is 12.4. The van der Waals surface area contributed by atoms with Crippen molar-refractivity contribution in [3.63, 3.8) is 0 Å². The van der Waals surface area contributed by atoms with Crippen LogP contribution in [0.2, 0.25) is 0 Å². The Kier molecular flexibility index (Phi) is 4.65. The number of aliphatic hydroxyl groups excluding tert-OH is 1. The van der Waals surface area contributed by atoms with E-state index >= 15 is 0 Å². The predicted molar refractivity (Wildman–Crippen MR) is 73.5 cm³/mol. The topological polar surface area (TPSA) is 52.6 Å². The van der Waals surface area contributed by atoms with Gasteiger partial charge in [-0.3, -0.25) is 0 Å². The Morgan fingerprint density at radius 3 is 2.56 bits per heavy atom. The van der Waals surface area contributed by atoms with Gasteiger partial charge in [-0.1, -0.05) is 13.8 Å². The molecule has 1 aliphatic rings. The van der Waals surface area contributed by atoms with Gasteiger partial charge in [-0.15, -0.1) is 0 Å². The van der Waals surface area contributed by atoms with Gasteiger partial charge in [-0.25, -0.2) is 4.79 Å². The van der Waals surface area contributed by atoms with Crippen LogP contribution in [-0.2, 0) is 0 Å². The van der Waals surface area contributed by atoms with Crippen LogP contribution in [0.5, 0.6) is 0 Å². The van der Waals surface area contributed by atoms with Gasteiger partial charge >= 0.3 is 6.03 Å². The fourth-order valence-corrected chi connectivity index (χ4v) is 2.77. The lowest BCUT2D eigenvalue weighted by Crippen LogP contribution is -2.50. The zero-order valence-corrected chi connectivity index (χ0v) is 12.4. The maximum absolute atomic E-state index is 12.1. The Morgan fingerprint density at radius 1 is 1.50 bits per heavy atom. The molecule has 0 bridgehead atoms. The van der Waals surface area contributed by atoms with E-state index in [0.29, 0.717) is 13.0 Å². The molecule has 1 rings (SSSR count). The summed E-state index contributed by atoms with van der Waals surface area (Å²) in [6.07, 6.45) is 2.51. The quantitative estimate of drug-likeness (QED) is 0.811. The van der Waals surface area contributed by atoms with Crippen molar-refractivity contribution >= 4 is 6.03 Å². The third-order valence-electron chi connectivity index (χ3n) is 3.71. The Morgan fingerprint density at radius 2 is 2.11 bits per heavy atom. The highest BCUT2D eigenvalue weighted by atomic mass is 16.3. The van der Waals surface area contributed by atoms with Crippen molar-refractivity contribution in [2.45, 2.75) is 65.5 Å². The van der Waals surface area contributed by atoms with Gasteiger partial charge in [0, 0.05) is 18.6 Å². The van der Waals surface area contributed by atoms with Gasteiger partial charge in [0.1, 0.15) is 0 Å². The van der Waals surface area contributed by atoms with Crippen molar-refractivity contribution in [3.05, 3.63) is 0 Å². The molecule has 2 N–H and O–H groups in total. The number of rotatable bonds is 4. The number of urea groups is 1. The van der Waals surface area contributed by atoms with E-state index in [4.69, 9.17) is 0 Å². The Labute approximate surface area is 111 Å². The molecule has 18 heavy (non-hydrogen) atoms. The fraction of sp³-hybridized carbons (Fsp3) is 0.929. The maximum atomic E-state index is 12.1. The summed E-state index contributed by atoms with van der Waals surface area (Å²) in [5.74, 6) is 0. The van der Waals surface area contributed by atoms with E-state index in [0.717, 1.165) is 19.4 Å². The highest BCUT2D eigenvalue weighted by Gasteiger charge is 2.35. The predicted octanol–water partition coefficient (Wildman–Crippen LogP) is 2.37. The zero-order chi connectivity index (χ0) is 14.0. The zero-order valence-electron chi connectivity index (χ0n) is 12.4. The number of aliphatic hydroxyl groups is 1. The molecular weight excluding hydrogens is 228 g/mol. The van der Waals surface area contributed by atoms with Gasteiger partial charge in [0.2, 0.25) is 0 Å². The van der Waals surface area contributed by atoms with Crippen LogP contribution in [0.15, 0.2) is 0 Å². The summed E-state index contributed by atoms with van der Waals surface area (Å²) in [5.41, 5.74) is -0.105. The second-order valence-corrected chi connectivity index (χ2v) is 6.94. The SMILES string of the molecule is CC(O)CC(C)(C)CNC(=O)N1CCCC1(C)C. The summed E-state index contributed by atoms with van der Waals surface area (Å²) in [6.45, 7) is 11.6. The first-order valence-electron chi connectivity index (χ1n) is 6.88. The molecule has 1 saturated heterocycles. The largest absolute Gasteiger partial charge is 0.393 e. The molecule has 0 aromatic rings. The molecule has 1 fully saturated rings. The molecular formula is C14H28N2O2. The molecule has 1 heterocycles. The van der Waals surface area contributed by atoms with Crippen LogP contribution in [0.3, 0.4) is 0 Å². The average molecular weight is 256 g/mol. The van der Waals surface area contributed by atoms with E-state index < -0.39 is 0 Å². The molecule has 4 nitrogen and oxygen atoms in total. The van der Waals surface area contributed by atoms with E-state index in [1.54, 1.807) is 6.92 Å². The van der Waals surface area contributed by atoms with Crippen molar-refractivity contribution in [1.82, 2.24) is 10.2 Å². The molecule has 0 saturated carbocycles. The number of carbonyl (C=O) groups excluding carboxylic acids is 1. The van der Waals surface area contributed by atoms with Crippen LogP contribution in [0.25, 0.3) is 0 Å². The van der Waals surface area contributed by atoms with Crippen molar-refractivity contribution in [3.8, 4) is 0 Å². The molecule has 0 aromatic heterocycles. The molecule has 1 aliphatic heterocycles. The molecule has 1 atom stereocenters. The number of hydrogen-bond acceptors (Lipinski definition) is 2. The number of amides is 2. The molecule has 1 unspecified atom stereocenters. The third kappa shape index (κ3) is 4.16. The van der Waals surface area contributed by atoms with E-state index in [2.05, 4.69) is 33.0 Å². The van der Waals surface area contributed by atoms with E-state index in [-0.39, 0.29) is 23.1 Å². The van der Waals surface area contributed by atoms with Crippen LogP contribution in [0, 0.1) is 5.41 Å². The fourth-order valence-electron chi connectivity index (χ4n) is 2.77. The summed E-state index contributed by atoms with van der Waals surface area (Å²) in [6, 6.07) is 0.0242. The van der Waals surface area contributed by atoms with Crippen LogP contribution < -0.4 is 5.32 Å². The molecule has 0 spiro atoms. The van der Waals surface area contributed by atoms with E-state index in [9.17, 15) is 9.90 Å². The van der Waals surface area contributed by atoms with Gasteiger partial charge in [0.05, 0.1) is 6.10 Å². The number of nitrogens with one attached hydrogen (secondary N) is 1. The third-order valence-corrected chi connectivity index (χ3v) is 3.71. The normalized spacial score (nSPS) is 20.9. The second-order valence-electron chi connectivity index (χ2n) is 6.94. The lowest BCUT2D eigenvalue weighted by molar-refractivity contribution is 0.123. The first-order chi connectivity index (χ1) is 8.14. The minimum atomic E-state index is -0.333. The molecule has 2 amide bonds. The smallest absolute Gasteiger partial charge is 0.317 e. The van der Waals surface area contributed by atoms with E-state index in [1.165, 1.54) is 0 Å². The number of likely N-dealkylation sites (tertiary alicyclic amines) is 1. The second kappa shape index (κ2) is 5.47. The lowest BCUT2D eigenvalue weighted by atomic mass is 9.87. The van der Waals surface area contributed by atoms with Crippen molar-refractivity contribution in [2.24, 2.45) is 5.41 Å². The van der Waals surface area contributed by atoms with Crippen molar-refractivity contribution in [2.75, 3.05) is 13.1 Å². The number of nitrogens with zero attached hydrogens (tertiary/aromatic N) is 1. The maximum Gasteiger partial charge on any atom is 0.317 e. The first-order valence-corrected chi connectivity index (χ1v) is 6.88. The van der Waals surface area contributed by atoms with Crippen LogP contribution in [-0.4, -0.2) is 40.8 Å². The van der Waals surface area contributed by atoms with Crippen LogP contribution in [0.1, 0.15) is 53.9 Å². The standard InChI is InChI=1S/C14H28N2O2/c1-11(17)9-13(2,3)10-15-12(18)16-8-6-7-14(16,4)5/h11,17H,6-10H2,1-5H3,(H,15,18). The van der Waals surface area contributed by atoms with Gasteiger partial charge in [-0.2, -0.15) is 0 Å². The molecule has 106 valence electrons. The van der Waals surface area contributed by atoms with Gasteiger partial charge in [0.25, 0.3) is 0 Å². The van der Waals surface area contributed by atoms with Crippen LogP contribution in [0.4, 0.5) is 4.79 Å². The highest BCUT2D eigenvalue weighted by molar-refractivity contribution is 5.75.